The van der Waals surface area contributed by atoms with Gasteiger partial charge in [0.25, 0.3) is 0 Å². The second-order valence-electron chi connectivity index (χ2n) is 7.99. The minimum absolute atomic E-state index is 0.146. The van der Waals surface area contributed by atoms with E-state index in [-0.39, 0.29) is 18.1 Å². The van der Waals surface area contributed by atoms with Gasteiger partial charge >= 0.3 is 5.97 Å². The number of carbonyl (C=O) groups is 1. The largest absolute Gasteiger partial charge is 0.496 e. The van der Waals surface area contributed by atoms with Crippen LogP contribution in [0, 0.1) is 6.92 Å². The van der Waals surface area contributed by atoms with Crippen molar-refractivity contribution in [2.24, 2.45) is 0 Å². The van der Waals surface area contributed by atoms with Crippen LogP contribution in [0.1, 0.15) is 37.4 Å². The van der Waals surface area contributed by atoms with Crippen LogP contribution in [0.3, 0.4) is 0 Å². The van der Waals surface area contributed by atoms with Crippen LogP contribution < -0.4 is 14.8 Å². The average molecular weight is 442 g/mol. The van der Waals surface area contributed by atoms with E-state index in [0.29, 0.717) is 18.9 Å². The van der Waals surface area contributed by atoms with Gasteiger partial charge in [-0.1, -0.05) is 13.8 Å². The van der Waals surface area contributed by atoms with E-state index in [4.69, 9.17) is 24.2 Å². The van der Waals surface area contributed by atoms with E-state index in [9.17, 15) is 4.79 Å². The van der Waals surface area contributed by atoms with Gasteiger partial charge in [-0.15, -0.1) is 11.3 Å². The Kier molecular flexibility index (Phi) is 6.11. The van der Waals surface area contributed by atoms with Gasteiger partial charge in [0.05, 0.1) is 25.4 Å². The fraction of sp³-hybridized carbons (Fsp3) is 0.435. The lowest BCUT2D eigenvalue weighted by molar-refractivity contribution is -0.142. The molecule has 1 aliphatic rings. The maximum atomic E-state index is 11.9. The third-order valence-corrected chi connectivity index (χ3v) is 6.45. The number of aromatic nitrogens is 2. The smallest absolute Gasteiger partial charge is 0.323 e. The molecular formula is C23H27N3O4S. The van der Waals surface area contributed by atoms with E-state index in [1.165, 1.54) is 7.11 Å². The van der Waals surface area contributed by atoms with Crippen LogP contribution in [-0.4, -0.2) is 48.8 Å². The molecule has 0 bridgehead atoms. The van der Waals surface area contributed by atoms with Crippen molar-refractivity contribution in [3.63, 3.8) is 0 Å². The Balaban J connectivity index is 1.75. The minimum atomic E-state index is -0.350. The zero-order valence-electron chi connectivity index (χ0n) is 18.4. The van der Waals surface area contributed by atoms with Crippen molar-refractivity contribution < 1.29 is 19.0 Å². The summed E-state index contributed by atoms with van der Waals surface area (Å²) in [4.78, 5) is 21.6. The Morgan fingerprint density at radius 2 is 2.03 bits per heavy atom. The number of thiazole rings is 1. The number of hydrogen-bond acceptors (Lipinski definition) is 8. The summed E-state index contributed by atoms with van der Waals surface area (Å²) in [6.07, 6.45) is 0.405. The number of aryl methyl sites for hydroxylation is 1. The summed E-state index contributed by atoms with van der Waals surface area (Å²) in [6.45, 7) is 6.82. The fourth-order valence-electron chi connectivity index (χ4n) is 3.77. The van der Waals surface area contributed by atoms with Gasteiger partial charge in [0, 0.05) is 35.4 Å². The first kappa shape index (κ1) is 21.5. The molecule has 31 heavy (non-hydrogen) atoms. The summed E-state index contributed by atoms with van der Waals surface area (Å²) in [6, 6.07) is 5.49. The normalized spacial score (nSPS) is 18.5. The standard InChI is InChI=1S/C23H27N3O4S/c1-12(2)18-11-31-22(26-18)16-9-20(30-14-8-17(24-10-14)23(27)29-5)15-6-7-19(28-4)13(3)21(15)25-16/h6-7,9,11-12,14,17,24H,8,10H2,1-5H3. The number of benzene rings is 1. The monoisotopic (exact) mass is 441 g/mol. The molecule has 0 aliphatic carbocycles. The number of nitrogens with one attached hydrogen (secondary N) is 1. The number of carbonyl (C=O) groups excluding carboxylic acids is 1. The molecule has 1 fully saturated rings. The van der Waals surface area contributed by atoms with E-state index < -0.39 is 0 Å². The van der Waals surface area contributed by atoms with Crippen LogP contribution in [-0.2, 0) is 9.53 Å². The first-order valence-electron chi connectivity index (χ1n) is 10.3. The molecular weight excluding hydrogens is 414 g/mol. The highest BCUT2D eigenvalue weighted by Crippen LogP contribution is 2.37. The summed E-state index contributed by atoms with van der Waals surface area (Å²) in [5, 5.41) is 7.01. The molecule has 0 amide bonds. The highest BCUT2D eigenvalue weighted by atomic mass is 32.1. The molecule has 1 N–H and O–H groups in total. The van der Waals surface area contributed by atoms with Crippen LogP contribution >= 0.6 is 11.3 Å². The van der Waals surface area contributed by atoms with Crippen LogP contribution in [0.15, 0.2) is 23.6 Å². The Labute approximate surface area is 185 Å². The van der Waals surface area contributed by atoms with E-state index in [2.05, 4.69) is 24.5 Å². The van der Waals surface area contributed by atoms with Crippen molar-refractivity contribution in [3.8, 4) is 22.2 Å². The minimum Gasteiger partial charge on any atom is -0.496 e. The first-order valence-corrected chi connectivity index (χ1v) is 11.2. The maximum absolute atomic E-state index is 11.9. The Morgan fingerprint density at radius 1 is 1.23 bits per heavy atom. The van der Waals surface area contributed by atoms with Gasteiger partial charge in [-0.2, -0.15) is 0 Å². The van der Waals surface area contributed by atoms with E-state index in [0.717, 1.165) is 44.4 Å². The van der Waals surface area contributed by atoms with Gasteiger partial charge < -0.3 is 19.5 Å². The molecule has 2 unspecified atom stereocenters. The van der Waals surface area contributed by atoms with E-state index in [1.54, 1.807) is 18.4 Å². The topological polar surface area (TPSA) is 82.6 Å². The molecule has 0 spiro atoms. The molecule has 3 aromatic rings. The zero-order chi connectivity index (χ0) is 22.1. The number of ether oxygens (including phenoxy) is 3. The number of fused-ring (bicyclic) bond motifs is 1. The fourth-order valence-corrected chi connectivity index (χ4v) is 4.71. The number of esters is 1. The zero-order valence-corrected chi connectivity index (χ0v) is 19.2. The van der Waals surface area contributed by atoms with Gasteiger partial charge in [-0.25, -0.2) is 9.97 Å². The van der Waals surface area contributed by atoms with Crippen molar-refractivity contribution >= 4 is 28.2 Å². The number of methoxy groups -OCH3 is 2. The van der Waals surface area contributed by atoms with Crippen LogP contribution in [0.25, 0.3) is 21.6 Å². The number of nitrogens with zero attached hydrogens (tertiary/aromatic N) is 2. The first-order chi connectivity index (χ1) is 14.9. The number of hydrogen-bond donors (Lipinski definition) is 1. The second-order valence-corrected chi connectivity index (χ2v) is 8.84. The van der Waals surface area contributed by atoms with Gasteiger partial charge in [0.2, 0.25) is 0 Å². The van der Waals surface area contributed by atoms with Crippen LogP contribution in [0.2, 0.25) is 0 Å². The highest BCUT2D eigenvalue weighted by molar-refractivity contribution is 7.13. The van der Waals surface area contributed by atoms with Gasteiger partial charge in [-0.05, 0) is 25.0 Å². The summed E-state index contributed by atoms with van der Waals surface area (Å²) in [5.41, 5.74) is 3.59. The number of pyridine rings is 1. The number of rotatable bonds is 6. The Morgan fingerprint density at radius 3 is 2.71 bits per heavy atom. The van der Waals surface area contributed by atoms with Gasteiger partial charge in [-0.3, -0.25) is 4.79 Å². The second kappa shape index (κ2) is 8.80. The molecule has 0 saturated carbocycles. The lowest BCUT2D eigenvalue weighted by Gasteiger charge is -2.17. The third kappa shape index (κ3) is 4.22. The Hall–Kier alpha value is -2.71. The van der Waals surface area contributed by atoms with E-state index >= 15 is 0 Å². The van der Waals surface area contributed by atoms with Gasteiger partial charge in [0.1, 0.15) is 34.3 Å². The van der Waals surface area contributed by atoms with Crippen molar-refractivity contribution in [3.05, 3.63) is 34.8 Å². The highest BCUT2D eigenvalue weighted by Gasteiger charge is 2.32. The molecule has 8 heteroatoms. The quantitative estimate of drug-likeness (QED) is 0.577. The summed E-state index contributed by atoms with van der Waals surface area (Å²) in [5.74, 6) is 1.58. The van der Waals surface area contributed by atoms with Gasteiger partial charge in [0.15, 0.2) is 0 Å². The van der Waals surface area contributed by atoms with Crippen molar-refractivity contribution in [1.29, 1.82) is 0 Å². The molecule has 3 heterocycles. The molecule has 1 saturated heterocycles. The summed E-state index contributed by atoms with van der Waals surface area (Å²) < 4.78 is 16.7. The van der Waals surface area contributed by atoms with Crippen LogP contribution in [0.5, 0.6) is 11.5 Å². The molecule has 0 radical (unpaired) electrons. The Bertz CT molecular complexity index is 1110. The van der Waals surface area contributed by atoms with Crippen LogP contribution in [0.4, 0.5) is 0 Å². The maximum Gasteiger partial charge on any atom is 0.323 e. The predicted molar refractivity (Wildman–Crippen MR) is 121 cm³/mol. The van der Waals surface area contributed by atoms with Crippen molar-refractivity contribution in [1.82, 2.24) is 15.3 Å². The molecule has 1 aromatic carbocycles. The lowest BCUT2D eigenvalue weighted by atomic mass is 10.1. The third-order valence-electron chi connectivity index (χ3n) is 5.57. The average Bonchev–Trinajstić information content (AvgIpc) is 3.44. The molecule has 2 atom stereocenters. The summed E-state index contributed by atoms with van der Waals surface area (Å²) >= 11 is 1.58. The van der Waals surface area contributed by atoms with Crippen molar-refractivity contribution in [2.45, 2.75) is 45.3 Å². The molecule has 1 aliphatic heterocycles. The van der Waals surface area contributed by atoms with E-state index in [1.807, 2.05) is 25.1 Å². The SMILES string of the molecule is COC(=O)C1CC(Oc2cc(-c3nc(C(C)C)cs3)nc3c(C)c(OC)ccc23)CN1. The summed E-state index contributed by atoms with van der Waals surface area (Å²) in [7, 11) is 3.05. The molecule has 164 valence electrons. The van der Waals surface area contributed by atoms with Crippen molar-refractivity contribution in [2.75, 3.05) is 20.8 Å². The molecule has 4 rings (SSSR count). The predicted octanol–water partition coefficient (Wildman–Crippen LogP) is 4.08. The molecule has 7 nitrogen and oxygen atoms in total. The molecule has 2 aromatic heterocycles. The lowest BCUT2D eigenvalue weighted by Crippen LogP contribution is -2.31.